The molecule has 1 heteroatoms. The molecule has 0 aliphatic heterocycles. The second-order valence-electron chi connectivity index (χ2n) is 10.4. The van der Waals surface area contributed by atoms with Gasteiger partial charge in [-0.2, -0.15) is 0 Å². The standard InChI is InChI=1S/C29H51N/c1-4-6-8-9-10-11-13-15-27-20-23-29(30-24-27)28-21-18-26(19-22-28)17-16-25(3)14-12-7-5-2/h20,23-26,28H,4-19,21-22H2,1-3H3. The van der Waals surface area contributed by atoms with Gasteiger partial charge in [0.25, 0.3) is 0 Å². The Hall–Kier alpha value is -0.850. The van der Waals surface area contributed by atoms with Gasteiger partial charge in [-0.3, -0.25) is 4.98 Å². The predicted octanol–water partition coefficient (Wildman–Crippen LogP) is 9.65. The first-order valence-electron chi connectivity index (χ1n) is 13.7. The Kier molecular flexibility index (Phi) is 13.4. The Morgan fingerprint density at radius 2 is 1.47 bits per heavy atom. The predicted molar refractivity (Wildman–Crippen MR) is 133 cm³/mol. The number of aryl methyl sites for hydroxylation is 1. The largest absolute Gasteiger partial charge is 0.261 e. The maximum Gasteiger partial charge on any atom is 0.0434 e. The lowest BCUT2D eigenvalue weighted by atomic mass is 9.77. The molecule has 1 unspecified atom stereocenters. The number of pyridine rings is 1. The second-order valence-corrected chi connectivity index (χ2v) is 10.4. The van der Waals surface area contributed by atoms with Gasteiger partial charge in [0, 0.05) is 17.8 Å². The van der Waals surface area contributed by atoms with Crippen molar-refractivity contribution < 1.29 is 0 Å². The molecule has 1 nitrogen and oxygen atoms in total. The molecule has 1 aromatic rings. The van der Waals surface area contributed by atoms with Crippen LogP contribution in [0.25, 0.3) is 0 Å². The normalized spacial score (nSPS) is 20.4. The molecule has 1 atom stereocenters. The van der Waals surface area contributed by atoms with Crippen molar-refractivity contribution in [1.82, 2.24) is 4.98 Å². The van der Waals surface area contributed by atoms with E-state index < -0.39 is 0 Å². The van der Waals surface area contributed by atoms with E-state index in [9.17, 15) is 0 Å². The van der Waals surface area contributed by atoms with Gasteiger partial charge in [0.2, 0.25) is 0 Å². The van der Waals surface area contributed by atoms with E-state index in [2.05, 4.69) is 39.1 Å². The Labute approximate surface area is 188 Å². The molecule has 1 aliphatic carbocycles. The van der Waals surface area contributed by atoms with E-state index in [0.29, 0.717) is 0 Å². The molecule has 0 amide bonds. The zero-order valence-electron chi connectivity index (χ0n) is 20.6. The molecule has 1 aliphatic rings. The summed E-state index contributed by atoms with van der Waals surface area (Å²) >= 11 is 0. The van der Waals surface area contributed by atoms with Gasteiger partial charge in [-0.1, -0.05) is 104 Å². The third-order valence-corrected chi connectivity index (χ3v) is 7.55. The summed E-state index contributed by atoms with van der Waals surface area (Å²) in [7, 11) is 0. The second kappa shape index (κ2) is 15.9. The lowest BCUT2D eigenvalue weighted by molar-refractivity contribution is 0.283. The van der Waals surface area contributed by atoms with Crippen molar-refractivity contribution in [2.75, 3.05) is 0 Å². The number of aromatic nitrogens is 1. The van der Waals surface area contributed by atoms with Gasteiger partial charge in [-0.05, 0) is 62.0 Å². The molecule has 1 aromatic heterocycles. The highest BCUT2D eigenvalue weighted by Crippen LogP contribution is 2.37. The van der Waals surface area contributed by atoms with Crippen LogP contribution in [-0.2, 0) is 6.42 Å². The minimum absolute atomic E-state index is 0.718. The number of hydrogen-bond acceptors (Lipinski definition) is 1. The summed E-state index contributed by atoms with van der Waals surface area (Å²) in [5, 5.41) is 0. The number of unbranched alkanes of at least 4 members (excludes halogenated alkanes) is 8. The fourth-order valence-electron chi connectivity index (χ4n) is 5.27. The molecule has 1 fully saturated rings. The summed E-state index contributed by atoms with van der Waals surface area (Å²) in [4.78, 5) is 4.88. The van der Waals surface area contributed by atoms with Crippen molar-refractivity contribution >= 4 is 0 Å². The molecular weight excluding hydrogens is 362 g/mol. The molecule has 0 N–H and O–H groups in total. The van der Waals surface area contributed by atoms with Crippen LogP contribution in [0.1, 0.15) is 147 Å². The van der Waals surface area contributed by atoms with Crippen LogP contribution in [0, 0.1) is 11.8 Å². The van der Waals surface area contributed by atoms with Crippen molar-refractivity contribution in [3.05, 3.63) is 29.6 Å². The van der Waals surface area contributed by atoms with E-state index in [-0.39, 0.29) is 0 Å². The highest BCUT2D eigenvalue weighted by atomic mass is 14.7. The molecular formula is C29H51N. The smallest absolute Gasteiger partial charge is 0.0434 e. The number of nitrogens with zero attached hydrogens (tertiary/aromatic N) is 1. The highest BCUT2D eigenvalue weighted by Gasteiger charge is 2.23. The Balaban J connectivity index is 1.59. The monoisotopic (exact) mass is 413 g/mol. The van der Waals surface area contributed by atoms with Crippen LogP contribution in [-0.4, -0.2) is 4.98 Å². The molecule has 0 radical (unpaired) electrons. The molecule has 0 aromatic carbocycles. The average Bonchev–Trinajstić information content (AvgIpc) is 2.78. The lowest BCUT2D eigenvalue weighted by Crippen LogP contribution is -2.15. The van der Waals surface area contributed by atoms with Gasteiger partial charge in [0.1, 0.15) is 0 Å². The molecule has 0 saturated heterocycles. The highest BCUT2D eigenvalue weighted by molar-refractivity contribution is 5.17. The summed E-state index contributed by atoms with van der Waals surface area (Å²) in [6.07, 6.45) is 27.2. The molecule has 1 saturated carbocycles. The maximum atomic E-state index is 4.88. The fraction of sp³-hybridized carbons (Fsp3) is 0.828. The molecule has 2 rings (SSSR count). The molecule has 0 bridgehead atoms. The van der Waals surface area contributed by atoms with Gasteiger partial charge in [-0.15, -0.1) is 0 Å². The van der Waals surface area contributed by atoms with Crippen molar-refractivity contribution in [1.29, 1.82) is 0 Å². The Bertz CT molecular complexity index is 512. The van der Waals surface area contributed by atoms with Crippen molar-refractivity contribution in [3.63, 3.8) is 0 Å². The zero-order chi connectivity index (χ0) is 21.4. The van der Waals surface area contributed by atoms with Gasteiger partial charge in [0.15, 0.2) is 0 Å². The summed E-state index contributed by atoms with van der Waals surface area (Å²) < 4.78 is 0. The number of rotatable bonds is 16. The van der Waals surface area contributed by atoms with Crippen LogP contribution in [0.3, 0.4) is 0 Å². The quantitative estimate of drug-likeness (QED) is 0.246. The molecule has 30 heavy (non-hydrogen) atoms. The lowest BCUT2D eigenvalue weighted by Gasteiger charge is -2.29. The van der Waals surface area contributed by atoms with E-state index in [1.165, 1.54) is 127 Å². The van der Waals surface area contributed by atoms with Crippen LogP contribution in [0.15, 0.2) is 18.3 Å². The SMILES string of the molecule is CCCCCCCCCc1ccc(C2CCC(CCC(C)CCCCC)CC2)nc1. The van der Waals surface area contributed by atoms with E-state index in [1.807, 2.05) is 0 Å². The van der Waals surface area contributed by atoms with Crippen LogP contribution in [0.4, 0.5) is 0 Å². The summed E-state index contributed by atoms with van der Waals surface area (Å²) in [5.74, 6) is 2.63. The average molecular weight is 414 g/mol. The fourth-order valence-corrected chi connectivity index (χ4v) is 5.27. The summed E-state index contributed by atoms with van der Waals surface area (Å²) in [6.45, 7) is 7.07. The van der Waals surface area contributed by atoms with Gasteiger partial charge < -0.3 is 0 Å². The minimum atomic E-state index is 0.718. The molecule has 0 spiro atoms. The third-order valence-electron chi connectivity index (χ3n) is 7.55. The Morgan fingerprint density at radius 3 is 2.13 bits per heavy atom. The minimum Gasteiger partial charge on any atom is -0.261 e. The van der Waals surface area contributed by atoms with Crippen molar-refractivity contribution in [3.8, 4) is 0 Å². The third kappa shape index (κ3) is 10.5. The first-order chi connectivity index (χ1) is 14.7. The van der Waals surface area contributed by atoms with Gasteiger partial charge in [-0.25, -0.2) is 0 Å². The van der Waals surface area contributed by atoms with Crippen molar-refractivity contribution in [2.24, 2.45) is 11.8 Å². The van der Waals surface area contributed by atoms with Crippen LogP contribution < -0.4 is 0 Å². The Morgan fingerprint density at radius 1 is 0.800 bits per heavy atom. The molecule has 172 valence electrons. The molecule has 1 heterocycles. The topological polar surface area (TPSA) is 12.9 Å². The van der Waals surface area contributed by atoms with Crippen LogP contribution >= 0.6 is 0 Å². The van der Waals surface area contributed by atoms with Crippen LogP contribution in [0.5, 0.6) is 0 Å². The van der Waals surface area contributed by atoms with E-state index in [0.717, 1.165) is 17.8 Å². The zero-order valence-corrected chi connectivity index (χ0v) is 20.6. The van der Waals surface area contributed by atoms with Gasteiger partial charge in [0.05, 0.1) is 0 Å². The summed E-state index contributed by atoms with van der Waals surface area (Å²) in [5.41, 5.74) is 2.81. The first-order valence-corrected chi connectivity index (χ1v) is 13.7. The summed E-state index contributed by atoms with van der Waals surface area (Å²) in [6, 6.07) is 4.71. The van der Waals surface area contributed by atoms with E-state index in [1.54, 1.807) is 0 Å². The van der Waals surface area contributed by atoms with E-state index >= 15 is 0 Å². The maximum absolute atomic E-state index is 4.88. The van der Waals surface area contributed by atoms with Gasteiger partial charge >= 0.3 is 0 Å². The first kappa shape index (κ1) is 25.4. The van der Waals surface area contributed by atoms with Crippen LogP contribution in [0.2, 0.25) is 0 Å². The van der Waals surface area contributed by atoms with Crippen molar-refractivity contribution in [2.45, 2.75) is 142 Å². The number of hydrogen-bond donors (Lipinski definition) is 0. The van der Waals surface area contributed by atoms with E-state index in [4.69, 9.17) is 4.98 Å².